The Morgan fingerprint density at radius 3 is 2.42 bits per heavy atom. The number of carbonyl (C=O) groups is 1. The first-order valence-electron chi connectivity index (χ1n) is 9.43. The van der Waals surface area contributed by atoms with Crippen LogP contribution >= 0.6 is 11.3 Å². The Morgan fingerprint density at radius 2 is 1.85 bits per heavy atom. The zero-order chi connectivity index (χ0) is 18.6. The Kier molecular flexibility index (Phi) is 5.71. The van der Waals surface area contributed by atoms with Gasteiger partial charge in [0.05, 0.1) is 0 Å². The van der Waals surface area contributed by atoms with Crippen molar-refractivity contribution in [2.24, 2.45) is 0 Å². The molecule has 1 heterocycles. The van der Waals surface area contributed by atoms with Gasteiger partial charge in [0.25, 0.3) is 5.91 Å². The average Bonchev–Trinajstić information content (AvgIpc) is 3.30. The van der Waals surface area contributed by atoms with Crippen LogP contribution in [0, 0.1) is 0 Å². The minimum atomic E-state index is -0.0484. The van der Waals surface area contributed by atoms with E-state index in [9.17, 15) is 4.79 Å². The van der Waals surface area contributed by atoms with Gasteiger partial charge in [-0.3, -0.25) is 4.79 Å². The van der Waals surface area contributed by atoms with Crippen LogP contribution in [0.15, 0.2) is 41.8 Å². The maximum absolute atomic E-state index is 12.3. The van der Waals surface area contributed by atoms with Crippen molar-refractivity contribution in [2.75, 3.05) is 13.2 Å². The monoisotopic (exact) mass is 371 g/mol. The van der Waals surface area contributed by atoms with Crippen molar-refractivity contribution in [2.45, 2.75) is 57.3 Å². The molecule has 3 rings (SSSR count). The number of benzene rings is 1. The van der Waals surface area contributed by atoms with E-state index in [0.717, 1.165) is 18.6 Å². The molecular weight excluding hydrogens is 342 g/mol. The molecule has 1 aliphatic carbocycles. The summed E-state index contributed by atoms with van der Waals surface area (Å²) in [7, 11) is 0. The fourth-order valence-electron chi connectivity index (χ4n) is 3.66. The molecule has 0 saturated heterocycles. The van der Waals surface area contributed by atoms with Crippen molar-refractivity contribution in [1.82, 2.24) is 5.32 Å². The summed E-state index contributed by atoms with van der Waals surface area (Å²) < 4.78 is 5.66. The smallest absolute Gasteiger partial charge is 0.257 e. The van der Waals surface area contributed by atoms with E-state index in [2.05, 4.69) is 55.7 Å². The first-order chi connectivity index (χ1) is 12.4. The van der Waals surface area contributed by atoms with Gasteiger partial charge in [-0.05, 0) is 47.4 Å². The molecule has 1 aliphatic rings. The lowest BCUT2D eigenvalue weighted by atomic mass is 9.84. The second kappa shape index (κ2) is 7.83. The SMILES string of the molecule is CC(C)(C)c1ccc(OCC(=O)NCC2(c3cccs3)CCCC2)cc1. The van der Waals surface area contributed by atoms with Crippen molar-refractivity contribution in [3.8, 4) is 5.75 Å². The maximum Gasteiger partial charge on any atom is 0.257 e. The van der Waals surface area contributed by atoms with Gasteiger partial charge in [-0.15, -0.1) is 11.3 Å². The van der Waals surface area contributed by atoms with Gasteiger partial charge in [-0.1, -0.05) is 51.8 Å². The normalized spacial score (nSPS) is 16.4. The van der Waals surface area contributed by atoms with E-state index in [1.54, 1.807) is 11.3 Å². The van der Waals surface area contributed by atoms with Crippen LogP contribution in [-0.4, -0.2) is 19.1 Å². The molecule has 4 heteroatoms. The largest absolute Gasteiger partial charge is 0.484 e. The minimum absolute atomic E-state index is 0.0484. The second-order valence-corrected chi connectivity index (χ2v) is 9.25. The zero-order valence-electron chi connectivity index (χ0n) is 16.0. The van der Waals surface area contributed by atoms with Crippen LogP contribution in [0.2, 0.25) is 0 Å². The van der Waals surface area contributed by atoms with Crippen molar-refractivity contribution in [3.05, 3.63) is 52.2 Å². The number of ether oxygens (including phenoxy) is 1. The van der Waals surface area contributed by atoms with Crippen molar-refractivity contribution in [3.63, 3.8) is 0 Å². The molecule has 0 radical (unpaired) electrons. The number of amides is 1. The van der Waals surface area contributed by atoms with E-state index in [4.69, 9.17) is 4.74 Å². The Labute approximate surface area is 160 Å². The lowest BCUT2D eigenvalue weighted by molar-refractivity contribution is -0.123. The molecule has 1 saturated carbocycles. The molecule has 2 aromatic rings. The highest BCUT2D eigenvalue weighted by atomic mass is 32.1. The average molecular weight is 372 g/mol. The van der Waals surface area contributed by atoms with Crippen LogP contribution in [0.4, 0.5) is 0 Å². The van der Waals surface area contributed by atoms with E-state index < -0.39 is 0 Å². The van der Waals surface area contributed by atoms with E-state index in [-0.39, 0.29) is 23.3 Å². The van der Waals surface area contributed by atoms with Gasteiger partial charge < -0.3 is 10.1 Å². The first kappa shape index (κ1) is 19.0. The highest BCUT2D eigenvalue weighted by Crippen LogP contribution is 2.42. The standard InChI is InChI=1S/C22H29NO2S/c1-21(2,3)17-8-10-18(11-9-17)25-15-20(24)23-16-22(12-4-5-13-22)19-7-6-14-26-19/h6-11,14H,4-5,12-13,15-16H2,1-3H3,(H,23,24). The molecule has 1 aromatic heterocycles. The van der Waals surface area contributed by atoms with Crippen LogP contribution in [-0.2, 0) is 15.6 Å². The molecule has 1 fully saturated rings. The first-order valence-corrected chi connectivity index (χ1v) is 10.3. The van der Waals surface area contributed by atoms with Gasteiger partial charge in [0.15, 0.2) is 6.61 Å². The third kappa shape index (κ3) is 4.47. The molecule has 0 aliphatic heterocycles. The second-order valence-electron chi connectivity index (χ2n) is 8.30. The van der Waals surface area contributed by atoms with E-state index in [1.807, 2.05) is 12.1 Å². The number of nitrogens with one attached hydrogen (secondary N) is 1. The van der Waals surface area contributed by atoms with Gasteiger partial charge in [-0.2, -0.15) is 0 Å². The van der Waals surface area contributed by atoms with Gasteiger partial charge in [0, 0.05) is 16.8 Å². The van der Waals surface area contributed by atoms with Gasteiger partial charge in [-0.25, -0.2) is 0 Å². The minimum Gasteiger partial charge on any atom is -0.484 e. The number of hydrogen-bond donors (Lipinski definition) is 1. The van der Waals surface area contributed by atoms with Gasteiger partial charge in [0.1, 0.15) is 5.75 Å². The highest BCUT2D eigenvalue weighted by molar-refractivity contribution is 7.10. The lowest BCUT2D eigenvalue weighted by Gasteiger charge is -2.28. The summed E-state index contributed by atoms with van der Waals surface area (Å²) in [6.07, 6.45) is 4.79. The van der Waals surface area contributed by atoms with Gasteiger partial charge in [0.2, 0.25) is 0 Å². The van der Waals surface area contributed by atoms with E-state index in [0.29, 0.717) is 6.54 Å². The number of rotatable bonds is 6. The molecule has 0 unspecified atom stereocenters. The summed E-state index contributed by atoms with van der Waals surface area (Å²) in [6, 6.07) is 12.3. The van der Waals surface area contributed by atoms with Crippen molar-refractivity contribution in [1.29, 1.82) is 0 Å². The lowest BCUT2D eigenvalue weighted by Crippen LogP contribution is -2.40. The molecule has 1 aromatic carbocycles. The van der Waals surface area contributed by atoms with E-state index in [1.165, 1.54) is 23.3 Å². The quantitative estimate of drug-likeness (QED) is 0.771. The van der Waals surface area contributed by atoms with Crippen molar-refractivity contribution < 1.29 is 9.53 Å². The van der Waals surface area contributed by atoms with Crippen molar-refractivity contribution >= 4 is 17.2 Å². The van der Waals surface area contributed by atoms with Crippen LogP contribution in [0.5, 0.6) is 5.75 Å². The third-order valence-electron chi connectivity index (χ3n) is 5.32. The molecule has 0 atom stereocenters. The highest BCUT2D eigenvalue weighted by Gasteiger charge is 2.36. The summed E-state index contributed by atoms with van der Waals surface area (Å²) in [4.78, 5) is 13.7. The predicted molar refractivity (Wildman–Crippen MR) is 108 cm³/mol. The summed E-state index contributed by atoms with van der Waals surface area (Å²) >= 11 is 1.80. The molecule has 0 bridgehead atoms. The molecule has 140 valence electrons. The topological polar surface area (TPSA) is 38.3 Å². The Morgan fingerprint density at radius 1 is 1.15 bits per heavy atom. The zero-order valence-corrected chi connectivity index (χ0v) is 16.8. The van der Waals surface area contributed by atoms with Crippen LogP contribution in [0.1, 0.15) is 56.9 Å². The predicted octanol–water partition coefficient (Wildman–Crippen LogP) is 5.05. The maximum atomic E-state index is 12.3. The molecular formula is C22H29NO2S. The molecule has 1 amide bonds. The van der Waals surface area contributed by atoms with Crippen LogP contribution in [0.25, 0.3) is 0 Å². The molecule has 3 nitrogen and oxygen atoms in total. The summed E-state index contributed by atoms with van der Waals surface area (Å²) in [6.45, 7) is 7.32. The molecule has 0 spiro atoms. The summed E-state index contributed by atoms with van der Waals surface area (Å²) in [5, 5.41) is 5.23. The van der Waals surface area contributed by atoms with E-state index >= 15 is 0 Å². The van der Waals surface area contributed by atoms with Crippen LogP contribution < -0.4 is 10.1 Å². The Hall–Kier alpha value is -1.81. The fraction of sp³-hybridized carbons (Fsp3) is 0.500. The van der Waals surface area contributed by atoms with Gasteiger partial charge >= 0.3 is 0 Å². The molecule has 26 heavy (non-hydrogen) atoms. The Bertz CT molecular complexity index is 708. The number of hydrogen-bond acceptors (Lipinski definition) is 3. The summed E-state index contributed by atoms with van der Waals surface area (Å²) in [5.41, 5.74) is 1.50. The third-order valence-corrected chi connectivity index (χ3v) is 6.43. The number of carbonyl (C=O) groups excluding carboxylic acids is 1. The molecule has 1 N–H and O–H groups in total. The van der Waals surface area contributed by atoms with Crippen LogP contribution in [0.3, 0.4) is 0 Å². The fourth-order valence-corrected chi connectivity index (χ4v) is 4.65. The summed E-state index contributed by atoms with van der Waals surface area (Å²) in [5.74, 6) is 0.690. The number of thiophene rings is 1. The Balaban J connectivity index is 1.51.